The van der Waals surface area contributed by atoms with E-state index in [1.54, 1.807) is 0 Å². The number of rotatable bonds is 4. The second kappa shape index (κ2) is 5.72. The van der Waals surface area contributed by atoms with E-state index in [0.717, 1.165) is 26.1 Å². The Morgan fingerprint density at radius 2 is 2.11 bits per heavy atom. The minimum absolute atomic E-state index is 0.0699. The van der Waals surface area contributed by atoms with Gasteiger partial charge in [0.05, 0.1) is 11.9 Å². The van der Waals surface area contributed by atoms with Gasteiger partial charge in [-0.15, -0.1) is 0 Å². The molecule has 8 heteroatoms. The number of hydrogen-bond donors (Lipinski definition) is 3. The zero-order valence-electron chi connectivity index (χ0n) is 10.5. The van der Waals surface area contributed by atoms with Crippen LogP contribution in [0.25, 0.3) is 0 Å². The lowest BCUT2D eigenvalue weighted by atomic mass is 10.0. The van der Waals surface area contributed by atoms with Crippen molar-refractivity contribution in [3.05, 3.63) is 12.3 Å². The van der Waals surface area contributed by atoms with Crippen molar-refractivity contribution in [2.24, 2.45) is 11.1 Å². The van der Waals surface area contributed by atoms with Crippen LogP contribution in [0.3, 0.4) is 0 Å². The van der Waals surface area contributed by atoms with Crippen molar-refractivity contribution in [1.82, 2.24) is 4.98 Å². The van der Waals surface area contributed by atoms with Crippen molar-refractivity contribution in [2.45, 2.75) is 17.7 Å². The highest BCUT2D eigenvalue weighted by Gasteiger charge is 2.18. The summed E-state index contributed by atoms with van der Waals surface area (Å²) in [5.41, 5.74) is 5.80. The molecule has 0 saturated carbocycles. The maximum Gasteiger partial charge on any atom is 0.241 e. The summed E-state index contributed by atoms with van der Waals surface area (Å²) in [5, 5.41) is 8.19. The molecule has 0 atom stereocenters. The number of hydrogen-bond acceptors (Lipinski definition) is 6. The number of ether oxygens (including phenoxy) is 1. The fourth-order valence-electron chi connectivity index (χ4n) is 2.00. The molecule has 1 aromatic rings. The molecule has 1 saturated heterocycles. The summed E-state index contributed by atoms with van der Waals surface area (Å²) in [5.74, 6) is 0.699. The molecule has 0 aliphatic carbocycles. The first-order chi connectivity index (χ1) is 8.97. The molecule has 0 amide bonds. The lowest BCUT2D eigenvalue weighted by Crippen LogP contribution is -2.24. The van der Waals surface area contributed by atoms with Gasteiger partial charge in [0.15, 0.2) is 0 Å². The van der Waals surface area contributed by atoms with Gasteiger partial charge in [-0.25, -0.2) is 18.5 Å². The Balaban J connectivity index is 2.11. The van der Waals surface area contributed by atoms with Crippen molar-refractivity contribution in [3.8, 4) is 0 Å². The maximum atomic E-state index is 11.5. The summed E-state index contributed by atoms with van der Waals surface area (Å²) >= 11 is 0. The van der Waals surface area contributed by atoms with Crippen LogP contribution in [0.1, 0.15) is 12.8 Å². The second-order valence-electron chi connectivity index (χ2n) is 4.60. The molecular weight excluding hydrogens is 268 g/mol. The SMILES string of the molecule is Nc1cnc(NCC2CCOCC2)c(S(N)(=O)=O)c1. The van der Waals surface area contributed by atoms with Crippen LogP contribution in [0, 0.1) is 5.92 Å². The fourth-order valence-corrected chi connectivity index (χ4v) is 2.70. The molecule has 1 aliphatic rings. The fraction of sp³-hybridized carbons (Fsp3) is 0.545. The van der Waals surface area contributed by atoms with E-state index in [-0.39, 0.29) is 16.4 Å². The molecule has 2 heterocycles. The van der Waals surface area contributed by atoms with E-state index in [2.05, 4.69) is 10.3 Å². The second-order valence-corrected chi connectivity index (χ2v) is 6.13. The summed E-state index contributed by atoms with van der Waals surface area (Å²) in [6, 6.07) is 1.31. The van der Waals surface area contributed by atoms with Gasteiger partial charge >= 0.3 is 0 Å². The topological polar surface area (TPSA) is 120 Å². The van der Waals surface area contributed by atoms with Gasteiger partial charge in [-0.05, 0) is 24.8 Å². The first-order valence-corrected chi connectivity index (χ1v) is 7.61. The number of nitrogen functional groups attached to an aromatic ring is 1. The number of nitrogens with two attached hydrogens (primary N) is 2. The van der Waals surface area contributed by atoms with E-state index in [4.69, 9.17) is 15.6 Å². The largest absolute Gasteiger partial charge is 0.397 e. The number of sulfonamides is 1. The van der Waals surface area contributed by atoms with Gasteiger partial charge in [0.1, 0.15) is 10.7 Å². The molecule has 1 aromatic heterocycles. The van der Waals surface area contributed by atoms with Crippen molar-refractivity contribution in [1.29, 1.82) is 0 Å². The monoisotopic (exact) mass is 286 g/mol. The Hall–Kier alpha value is -1.38. The van der Waals surface area contributed by atoms with Crippen LogP contribution >= 0.6 is 0 Å². The van der Waals surface area contributed by atoms with Crippen LogP contribution in [0.15, 0.2) is 17.2 Å². The molecule has 2 rings (SSSR count). The van der Waals surface area contributed by atoms with Gasteiger partial charge in [0.2, 0.25) is 10.0 Å². The minimum atomic E-state index is -3.84. The Labute approximate surface area is 112 Å². The van der Waals surface area contributed by atoms with Gasteiger partial charge in [-0.3, -0.25) is 0 Å². The van der Waals surface area contributed by atoms with Crippen LogP contribution in [0.5, 0.6) is 0 Å². The third-order valence-electron chi connectivity index (χ3n) is 3.08. The zero-order valence-corrected chi connectivity index (χ0v) is 11.3. The summed E-state index contributed by atoms with van der Waals surface area (Å²) in [4.78, 5) is 3.93. The number of anilines is 2. The quantitative estimate of drug-likeness (QED) is 0.724. The average molecular weight is 286 g/mol. The van der Waals surface area contributed by atoms with Crippen LogP contribution < -0.4 is 16.2 Å². The average Bonchev–Trinajstić information content (AvgIpc) is 2.37. The highest BCUT2D eigenvalue weighted by Crippen LogP contribution is 2.21. The summed E-state index contributed by atoms with van der Waals surface area (Å²) in [7, 11) is -3.84. The smallest absolute Gasteiger partial charge is 0.241 e. The molecule has 19 heavy (non-hydrogen) atoms. The summed E-state index contributed by atoms with van der Waals surface area (Å²) in [6.07, 6.45) is 3.31. The van der Waals surface area contributed by atoms with Crippen LogP contribution in [0.2, 0.25) is 0 Å². The highest BCUT2D eigenvalue weighted by molar-refractivity contribution is 7.89. The normalized spacial score (nSPS) is 17.3. The molecule has 0 bridgehead atoms. The number of primary sulfonamides is 1. The van der Waals surface area contributed by atoms with E-state index in [1.165, 1.54) is 12.3 Å². The van der Waals surface area contributed by atoms with Crippen molar-refractivity contribution >= 4 is 21.5 Å². The summed E-state index contributed by atoms with van der Waals surface area (Å²) in [6.45, 7) is 2.12. The zero-order chi connectivity index (χ0) is 13.9. The molecule has 0 unspecified atom stereocenters. The Bertz CT molecular complexity index is 541. The summed E-state index contributed by atoms with van der Waals surface area (Å²) < 4.78 is 28.2. The lowest BCUT2D eigenvalue weighted by Gasteiger charge is -2.22. The number of aromatic nitrogens is 1. The molecule has 7 nitrogen and oxygen atoms in total. The van der Waals surface area contributed by atoms with Crippen LogP contribution in [0.4, 0.5) is 11.5 Å². The van der Waals surface area contributed by atoms with Crippen molar-refractivity contribution < 1.29 is 13.2 Å². The molecule has 0 radical (unpaired) electrons. The van der Waals surface area contributed by atoms with Crippen molar-refractivity contribution in [2.75, 3.05) is 30.8 Å². The van der Waals surface area contributed by atoms with Crippen molar-refractivity contribution in [3.63, 3.8) is 0 Å². The van der Waals surface area contributed by atoms with E-state index < -0.39 is 10.0 Å². The van der Waals surface area contributed by atoms with Crippen LogP contribution in [-0.2, 0) is 14.8 Å². The molecule has 106 valence electrons. The van der Waals surface area contributed by atoms with Gasteiger partial charge in [-0.2, -0.15) is 0 Å². The molecule has 1 fully saturated rings. The molecule has 1 aliphatic heterocycles. The third kappa shape index (κ3) is 3.79. The Morgan fingerprint density at radius 3 is 2.74 bits per heavy atom. The predicted molar refractivity (Wildman–Crippen MR) is 72.1 cm³/mol. The first kappa shape index (κ1) is 14.0. The van der Waals surface area contributed by atoms with E-state index >= 15 is 0 Å². The van der Waals surface area contributed by atoms with Gasteiger partial charge in [-0.1, -0.05) is 0 Å². The molecule has 0 aromatic carbocycles. The maximum absolute atomic E-state index is 11.5. The lowest BCUT2D eigenvalue weighted by molar-refractivity contribution is 0.0699. The number of nitrogens with zero attached hydrogens (tertiary/aromatic N) is 1. The van der Waals surface area contributed by atoms with Gasteiger partial charge in [0, 0.05) is 19.8 Å². The highest BCUT2D eigenvalue weighted by atomic mass is 32.2. The van der Waals surface area contributed by atoms with E-state index in [1.807, 2.05) is 0 Å². The van der Waals surface area contributed by atoms with Crippen LogP contribution in [-0.4, -0.2) is 33.2 Å². The van der Waals surface area contributed by atoms with E-state index in [9.17, 15) is 8.42 Å². The number of pyridine rings is 1. The van der Waals surface area contributed by atoms with Gasteiger partial charge < -0.3 is 15.8 Å². The standard InChI is InChI=1S/C11H18N4O3S/c12-9-5-10(19(13,16)17)11(15-7-9)14-6-8-1-3-18-4-2-8/h5,7-8H,1-4,6,12H2,(H,14,15)(H2,13,16,17). The minimum Gasteiger partial charge on any atom is -0.397 e. The Morgan fingerprint density at radius 1 is 1.42 bits per heavy atom. The Kier molecular flexibility index (Phi) is 4.23. The molecule has 0 spiro atoms. The van der Waals surface area contributed by atoms with E-state index in [0.29, 0.717) is 12.5 Å². The first-order valence-electron chi connectivity index (χ1n) is 6.07. The molecular formula is C11H18N4O3S. The third-order valence-corrected chi connectivity index (χ3v) is 4.00. The molecule has 5 N–H and O–H groups in total. The number of nitrogens with one attached hydrogen (secondary N) is 1. The van der Waals surface area contributed by atoms with Gasteiger partial charge in [0.25, 0.3) is 0 Å². The predicted octanol–water partition coefficient (Wildman–Crippen LogP) is 0.150.